The lowest BCUT2D eigenvalue weighted by molar-refractivity contribution is -0.173. The van der Waals surface area contributed by atoms with Crippen molar-refractivity contribution in [2.24, 2.45) is 0 Å². The number of rotatable bonds is 9. The van der Waals surface area contributed by atoms with Crippen molar-refractivity contribution >= 4 is 27.3 Å². The first-order chi connectivity index (χ1) is 12.7. The molecule has 0 aliphatic carbocycles. The minimum atomic E-state index is -3.28. The molecule has 1 amide bonds. The van der Waals surface area contributed by atoms with Crippen LogP contribution in [0.25, 0.3) is 10.1 Å². The molecule has 1 aromatic heterocycles. The number of thiophene rings is 1. The normalized spacial score (nSPS) is 12.9. The van der Waals surface area contributed by atoms with Gasteiger partial charge < -0.3 is 19.7 Å². The summed E-state index contributed by atoms with van der Waals surface area (Å²) in [5, 5.41) is 28.0. The Morgan fingerprint density at radius 1 is 1.26 bits per heavy atom. The van der Waals surface area contributed by atoms with Gasteiger partial charge in [-0.2, -0.15) is 0 Å². The minimum Gasteiger partial charge on any atom is -0.493 e. The molecule has 2 aromatic rings. The lowest BCUT2D eigenvalue weighted by atomic mass is 10.1. The van der Waals surface area contributed by atoms with E-state index in [9.17, 15) is 23.9 Å². The molecule has 0 aliphatic heterocycles. The van der Waals surface area contributed by atoms with Gasteiger partial charge >= 0.3 is 0 Å². The largest absolute Gasteiger partial charge is 0.493 e. The molecule has 0 saturated heterocycles. The Balaban J connectivity index is 2.12. The molecule has 1 aromatic carbocycles. The van der Waals surface area contributed by atoms with Gasteiger partial charge in [-0.05, 0) is 17.5 Å². The highest BCUT2D eigenvalue weighted by Gasteiger charge is 2.35. The van der Waals surface area contributed by atoms with E-state index in [0.717, 1.165) is 11.3 Å². The van der Waals surface area contributed by atoms with Crippen LogP contribution in [0.3, 0.4) is 0 Å². The van der Waals surface area contributed by atoms with Crippen LogP contribution in [0.4, 0.5) is 8.78 Å². The predicted molar refractivity (Wildman–Crippen MR) is 94.6 cm³/mol. The van der Waals surface area contributed by atoms with Crippen LogP contribution in [0, 0.1) is 0 Å². The molecule has 3 N–H and O–H groups in total. The van der Waals surface area contributed by atoms with E-state index in [1.54, 1.807) is 12.1 Å². The monoisotopic (exact) mass is 405 g/mol. The van der Waals surface area contributed by atoms with Crippen molar-refractivity contribution in [3.8, 4) is 11.5 Å². The molecule has 150 valence electrons. The van der Waals surface area contributed by atoms with E-state index in [0.29, 0.717) is 21.6 Å². The van der Waals surface area contributed by atoms with Gasteiger partial charge in [-0.1, -0.05) is 0 Å². The van der Waals surface area contributed by atoms with Crippen LogP contribution < -0.4 is 9.47 Å². The SMILES string of the molecule is COc1cc2cc(C(F)(F)CCC(=O)N(O)CC(O)CO)sc2cc1OC. The Morgan fingerprint density at radius 3 is 2.48 bits per heavy atom. The zero-order valence-electron chi connectivity index (χ0n) is 14.8. The van der Waals surface area contributed by atoms with Gasteiger partial charge in [-0.3, -0.25) is 10.0 Å². The number of aliphatic hydroxyl groups is 2. The molecule has 0 bridgehead atoms. The number of ether oxygens (including phenoxy) is 2. The first-order valence-electron chi connectivity index (χ1n) is 8.03. The minimum absolute atomic E-state index is 0.137. The quantitative estimate of drug-likeness (QED) is 0.438. The first-order valence-corrected chi connectivity index (χ1v) is 8.85. The number of halogens is 2. The second-order valence-corrected chi connectivity index (χ2v) is 6.96. The molecular formula is C17H21F2NO6S. The van der Waals surface area contributed by atoms with E-state index in [1.807, 2.05) is 0 Å². The smallest absolute Gasteiger partial charge is 0.282 e. The van der Waals surface area contributed by atoms with Crippen LogP contribution in [0.15, 0.2) is 18.2 Å². The molecule has 1 unspecified atom stereocenters. The Kier molecular flexibility index (Phi) is 6.93. The third kappa shape index (κ3) is 5.04. The van der Waals surface area contributed by atoms with Gasteiger partial charge in [0.05, 0.1) is 38.4 Å². The molecule has 1 heterocycles. The molecular weight excluding hydrogens is 384 g/mol. The summed E-state index contributed by atoms with van der Waals surface area (Å²) >= 11 is 0.881. The maximum atomic E-state index is 14.5. The van der Waals surface area contributed by atoms with Crippen molar-refractivity contribution in [2.45, 2.75) is 24.9 Å². The second kappa shape index (κ2) is 8.79. The van der Waals surface area contributed by atoms with Crippen molar-refractivity contribution in [3.63, 3.8) is 0 Å². The van der Waals surface area contributed by atoms with Crippen molar-refractivity contribution < 1.29 is 38.5 Å². The van der Waals surface area contributed by atoms with Crippen LogP contribution in [-0.2, 0) is 10.7 Å². The number of nitrogens with zero attached hydrogens (tertiary/aromatic N) is 1. The fourth-order valence-electron chi connectivity index (χ4n) is 2.42. The van der Waals surface area contributed by atoms with E-state index >= 15 is 0 Å². The Labute approximate surface area is 158 Å². The number of alkyl halides is 2. The van der Waals surface area contributed by atoms with Gasteiger partial charge in [-0.15, -0.1) is 11.3 Å². The number of amides is 1. The van der Waals surface area contributed by atoms with Crippen LogP contribution in [0.1, 0.15) is 17.7 Å². The van der Waals surface area contributed by atoms with Gasteiger partial charge in [-0.25, -0.2) is 13.8 Å². The fraction of sp³-hybridized carbons (Fsp3) is 0.471. The third-order valence-corrected chi connectivity index (χ3v) is 5.13. The maximum absolute atomic E-state index is 14.5. The molecule has 0 saturated carbocycles. The third-order valence-electron chi connectivity index (χ3n) is 3.92. The highest BCUT2D eigenvalue weighted by molar-refractivity contribution is 7.19. The van der Waals surface area contributed by atoms with Crippen LogP contribution in [0.5, 0.6) is 11.5 Å². The molecule has 0 aliphatic rings. The van der Waals surface area contributed by atoms with E-state index in [1.165, 1.54) is 20.3 Å². The van der Waals surface area contributed by atoms with Crippen LogP contribution in [-0.4, -0.2) is 59.9 Å². The predicted octanol–water partition coefficient (Wildman–Crippen LogP) is 2.36. The average molecular weight is 405 g/mol. The zero-order valence-corrected chi connectivity index (χ0v) is 15.6. The lowest BCUT2D eigenvalue weighted by Gasteiger charge is -2.19. The van der Waals surface area contributed by atoms with Crippen molar-refractivity contribution in [1.29, 1.82) is 0 Å². The average Bonchev–Trinajstić information content (AvgIpc) is 3.08. The summed E-state index contributed by atoms with van der Waals surface area (Å²) in [6.07, 6.45) is -2.77. The number of aliphatic hydroxyl groups excluding tert-OH is 2. The number of carbonyl (C=O) groups is 1. The number of hydroxylamine groups is 2. The molecule has 7 nitrogen and oxygen atoms in total. The highest BCUT2D eigenvalue weighted by atomic mass is 32.1. The molecule has 27 heavy (non-hydrogen) atoms. The lowest BCUT2D eigenvalue weighted by Crippen LogP contribution is -2.36. The Morgan fingerprint density at radius 2 is 1.89 bits per heavy atom. The zero-order chi connectivity index (χ0) is 20.2. The van der Waals surface area contributed by atoms with Gasteiger partial charge in [0.2, 0.25) is 5.91 Å². The number of hydrogen-bond donors (Lipinski definition) is 3. The number of hydrogen-bond acceptors (Lipinski definition) is 7. The summed E-state index contributed by atoms with van der Waals surface area (Å²) in [4.78, 5) is 11.5. The molecule has 0 radical (unpaired) electrons. The summed E-state index contributed by atoms with van der Waals surface area (Å²) in [6.45, 7) is -1.21. The highest BCUT2D eigenvalue weighted by Crippen LogP contribution is 2.43. The van der Waals surface area contributed by atoms with Crippen molar-refractivity contribution in [3.05, 3.63) is 23.1 Å². The second-order valence-electron chi connectivity index (χ2n) is 5.87. The van der Waals surface area contributed by atoms with Crippen molar-refractivity contribution in [1.82, 2.24) is 5.06 Å². The maximum Gasteiger partial charge on any atom is 0.282 e. The van der Waals surface area contributed by atoms with E-state index < -0.39 is 43.9 Å². The molecule has 1 atom stereocenters. The molecule has 2 rings (SSSR count). The Bertz CT molecular complexity index is 756. The fourth-order valence-corrected chi connectivity index (χ4v) is 3.50. The van der Waals surface area contributed by atoms with Gasteiger partial charge in [0.25, 0.3) is 5.92 Å². The molecule has 0 spiro atoms. The summed E-state index contributed by atoms with van der Waals surface area (Å²) in [5.41, 5.74) is 0. The van der Waals surface area contributed by atoms with E-state index in [-0.39, 0.29) is 9.94 Å². The summed E-state index contributed by atoms with van der Waals surface area (Å²) in [7, 11) is 2.90. The van der Waals surface area contributed by atoms with E-state index in [4.69, 9.17) is 14.6 Å². The summed E-state index contributed by atoms with van der Waals surface area (Å²) in [5.74, 6) is -3.40. The summed E-state index contributed by atoms with van der Waals surface area (Å²) < 4.78 is 39.9. The topological polar surface area (TPSA) is 99.5 Å². The number of benzene rings is 1. The number of carbonyl (C=O) groups excluding carboxylic acids is 1. The number of methoxy groups -OCH3 is 2. The van der Waals surface area contributed by atoms with E-state index in [2.05, 4.69) is 0 Å². The van der Waals surface area contributed by atoms with Gasteiger partial charge in [0.1, 0.15) is 0 Å². The van der Waals surface area contributed by atoms with Gasteiger partial charge in [0, 0.05) is 23.6 Å². The van der Waals surface area contributed by atoms with Crippen LogP contribution in [0.2, 0.25) is 0 Å². The first kappa shape index (κ1) is 21.3. The van der Waals surface area contributed by atoms with Crippen molar-refractivity contribution in [2.75, 3.05) is 27.4 Å². The molecule has 0 fully saturated rings. The molecule has 10 heteroatoms. The standard InChI is InChI=1S/C17H21F2NO6S/c1-25-12-5-10-6-15(27-14(10)7-13(12)26-2)17(18,19)4-3-16(23)20(24)8-11(22)9-21/h5-7,11,21-22,24H,3-4,8-9H2,1-2H3. The van der Waals surface area contributed by atoms with Crippen LogP contribution >= 0.6 is 11.3 Å². The Hall–Kier alpha value is -2.01. The summed E-state index contributed by atoms with van der Waals surface area (Å²) in [6, 6.07) is 4.54. The number of fused-ring (bicyclic) bond motifs is 1. The van der Waals surface area contributed by atoms with Gasteiger partial charge in [0.15, 0.2) is 11.5 Å².